The monoisotopic (exact) mass is 253 g/mol. The molecule has 1 saturated heterocycles. The zero-order chi connectivity index (χ0) is 13.3. The van der Waals surface area contributed by atoms with Crippen LogP contribution in [0.1, 0.15) is 36.3 Å². The average Bonchev–Trinajstić information content (AvgIpc) is 2.75. The molecule has 0 spiro atoms. The van der Waals surface area contributed by atoms with Crippen LogP contribution in [-0.2, 0) is 4.79 Å². The van der Waals surface area contributed by atoms with E-state index in [4.69, 9.17) is 4.52 Å². The van der Waals surface area contributed by atoms with Crippen molar-refractivity contribution in [1.29, 1.82) is 0 Å². The van der Waals surface area contributed by atoms with E-state index in [2.05, 4.69) is 10.1 Å². The molecule has 1 fully saturated rings. The zero-order valence-electron chi connectivity index (χ0n) is 10.3. The molecule has 1 aromatic rings. The summed E-state index contributed by atoms with van der Waals surface area (Å²) >= 11 is 0. The fourth-order valence-electron chi connectivity index (χ4n) is 2.11. The largest absolute Gasteiger partial charge is 0.481 e. The first-order valence-electron chi connectivity index (χ1n) is 5.75. The Morgan fingerprint density at radius 1 is 1.50 bits per heavy atom. The first-order valence-corrected chi connectivity index (χ1v) is 5.75. The van der Waals surface area contributed by atoms with Gasteiger partial charge in [0.1, 0.15) is 0 Å². The number of rotatable bonds is 2. The van der Waals surface area contributed by atoms with Gasteiger partial charge in [-0.25, -0.2) is 0 Å². The third kappa shape index (κ3) is 2.20. The van der Waals surface area contributed by atoms with Crippen molar-refractivity contribution in [2.75, 3.05) is 13.1 Å². The third-order valence-electron chi connectivity index (χ3n) is 3.22. The maximum Gasteiger partial charge on any atom is 0.311 e. The van der Waals surface area contributed by atoms with Crippen molar-refractivity contribution in [3.63, 3.8) is 0 Å². The lowest BCUT2D eigenvalue weighted by atomic mass is 9.82. The van der Waals surface area contributed by atoms with Gasteiger partial charge < -0.3 is 14.5 Å². The molecule has 1 atom stereocenters. The summed E-state index contributed by atoms with van der Waals surface area (Å²) in [5, 5.41) is 12.7. The summed E-state index contributed by atoms with van der Waals surface area (Å²) in [4.78, 5) is 28.6. The standard InChI is InChI=1S/C11H15N3O4/c1-7-12-8(13-18-7)9(15)14-5-3-4-11(2,6-14)10(16)17/h3-6H2,1-2H3,(H,16,17). The highest BCUT2D eigenvalue weighted by Gasteiger charge is 2.40. The maximum absolute atomic E-state index is 12.1. The molecule has 1 N–H and O–H groups in total. The van der Waals surface area contributed by atoms with Gasteiger partial charge in [-0.3, -0.25) is 9.59 Å². The average molecular weight is 253 g/mol. The minimum Gasteiger partial charge on any atom is -0.481 e. The number of carbonyl (C=O) groups excluding carboxylic acids is 1. The van der Waals surface area contributed by atoms with Crippen LogP contribution in [0.2, 0.25) is 0 Å². The molecular formula is C11H15N3O4. The second kappa shape index (κ2) is 4.40. The molecule has 18 heavy (non-hydrogen) atoms. The van der Waals surface area contributed by atoms with E-state index in [1.165, 1.54) is 4.90 Å². The number of carbonyl (C=O) groups is 2. The van der Waals surface area contributed by atoms with Crippen LogP contribution in [0.15, 0.2) is 4.52 Å². The van der Waals surface area contributed by atoms with Gasteiger partial charge in [-0.1, -0.05) is 5.16 Å². The lowest BCUT2D eigenvalue weighted by Crippen LogP contribution is -2.48. The van der Waals surface area contributed by atoms with E-state index in [0.29, 0.717) is 25.3 Å². The molecule has 0 saturated carbocycles. The number of hydrogen-bond acceptors (Lipinski definition) is 5. The number of aliphatic carboxylic acids is 1. The van der Waals surface area contributed by atoms with Gasteiger partial charge in [-0.05, 0) is 19.8 Å². The van der Waals surface area contributed by atoms with Crippen molar-refractivity contribution in [2.24, 2.45) is 5.41 Å². The van der Waals surface area contributed by atoms with E-state index < -0.39 is 11.4 Å². The summed E-state index contributed by atoms with van der Waals surface area (Å²) in [7, 11) is 0. The molecule has 0 aromatic carbocycles. The van der Waals surface area contributed by atoms with Gasteiger partial charge in [0, 0.05) is 20.0 Å². The molecule has 0 aliphatic carbocycles. The second-order valence-corrected chi connectivity index (χ2v) is 4.83. The molecule has 0 bridgehead atoms. The Morgan fingerprint density at radius 2 is 2.22 bits per heavy atom. The topological polar surface area (TPSA) is 96.5 Å². The Kier molecular flexibility index (Phi) is 3.06. The van der Waals surface area contributed by atoms with Gasteiger partial charge in [0.15, 0.2) is 0 Å². The SMILES string of the molecule is Cc1nc(C(=O)N2CCCC(C)(C(=O)O)C2)no1. The van der Waals surface area contributed by atoms with Gasteiger partial charge >= 0.3 is 5.97 Å². The highest BCUT2D eigenvalue weighted by molar-refractivity contribution is 5.91. The van der Waals surface area contributed by atoms with Crippen LogP contribution >= 0.6 is 0 Å². The Morgan fingerprint density at radius 3 is 2.78 bits per heavy atom. The quantitative estimate of drug-likeness (QED) is 0.833. The maximum atomic E-state index is 12.1. The van der Waals surface area contributed by atoms with Crippen molar-refractivity contribution in [3.8, 4) is 0 Å². The minimum absolute atomic E-state index is 0.0119. The van der Waals surface area contributed by atoms with Crippen LogP contribution in [0.4, 0.5) is 0 Å². The second-order valence-electron chi connectivity index (χ2n) is 4.83. The lowest BCUT2D eigenvalue weighted by molar-refractivity contribution is -0.150. The normalized spacial score (nSPS) is 24.0. The number of aromatic nitrogens is 2. The molecule has 1 amide bonds. The summed E-state index contributed by atoms with van der Waals surface area (Å²) in [6, 6.07) is 0. The third-order valence-corrected chi connectivity index (χ3v) is 3.22. The van der Waals surface area contributed by atoms with Crippen molar-refractivity contribution < 1.29 is 19.2 Å². The van der Waals surface area contributed by atoms with Crippen molar-refractivity contribution in [1.82, 2.24) is 15.0 Å². The van der Waals surface area contributed by atoms with Crippen molar-refractivity contribution in [2.45, 2.75) is 26.7 Å². The van der Waals surface area contributed by atoms with E-state index in [9.17, 15) is 14.7 Å². The molecule has 2 rings (SSSR count). The van der Waals surface area contributed by atoms with Crippen molar-refractivity contribution in [3.05, 3.63) is 11.7 Å². The van der Waals surface area contributed by atoms with Gasteiger partial charge in [0.05, 0.1) is 5.41 Å². The molecule has 1 aliphatic heterocycles. The number of likely N-dealkylation sites (tertiary alicyclic amines) is 1. The Balaban J connectivity index is 2.14. The number of amides is 1. The molecule has 98 valence electrons. The molecule has 0 radical (unpaired) electrons. The number of hydrogen-bond donors (Lipinski definition) is 1. The fraction of sp³-hybridized carbons (Fsp3) is 0.636. The molecular weight excluding hydrogens is 238 g/mol. The number of aryl methyl sites for hydroxylation is 1. The number of piperidine rings is 1. The summed E-state index contributed by atoms with van der Waals surface area (Å²) in [5.41, 5.74) is -0.896. The van der Waals surface area contributed by atoms with E-state index in [1.54, 1.807) is 13.8 Å². The van der Waals surface area contributed by atoms with Gasteiger partial charge in [0.25, 0.3) is 11.7 Å². The number of carboxylic acids is 1. The Labute approximate surface area is 104 Å². The smallest absolute Gasteiger partial charge is 0.311 e. The zero-order valence-corrected chi connectivity index (χ0v) is 10.3. The summed E-state index contributed by atoms with van der Waals surface area (Å²) in [6.45, 7) is 3.95. The van der Waals surface area contributed by atoms with E-state index >= 15 is 0 Å². The van der Waals surface area contributed by atoms with E-state index in [-0.39, 0.29) is 18.3 Å². The van der Waals surface area contributed by atoms with Gasteiger partial charge in [-0.2, -0.15) is 4.98 Å². The predicted octanol–water partition coefficient (Wildman–Crippen LogP) is 0.705. The molecule has 7 nitrogen and oxygen atoms in total. The predicted molar refractivity (Wildman–Crippen MR) is 59.9 cm³/mol. The highest BCUT2D eigenvalue weighted by atomic mass is 16.5. The van der Waals surface area contributed by atoms with Crippen LogP contribution in [-0.4, -0.2) is 45.1 Å². The molecule has 1 aliphatic rings. The van der Waals surface area contributed by atoms with E-state index in [0.717, 1.165) is 0 Å². The molecule has 1 unspecified atom stereocenters. The first-order chi connectivity index (χ1) is 8.42. The van der Waals surface area contributed by atoms with Crippen molar-refractivity contribution >= 4 is 11.9 Å². The number of carboxylic acid groups (broad SMARTS) is 1. The van der Waals surface area contributed by atoms with Gasteiger partial charge in [-0.15, -0.1) is 0 Å². The minimum atomic E-state index is -0.896. The summed E-state index contributed by atoms with van der Waals surface area (Å²) in [6.07, 6.45) is 1.22. The van der Waals surface area contributed by atoms with Crippen LogP contribution < -0.4 is 0 Å². The molecule has 7 heteroatoms. The Bertz CT molecular complexity index is 484. The van der Waals surface area contributed by atoms with Crippen LogP contribution in [0.3, 0.4) is 0 Å². The fourth-order valence-corrected chi connectivity index (χ4v) is 2.11. The summed E-state index contributed by atoms with van der Waals surface area (Å²) < 4.78 is 4.75. The van der Waals surface area contributed by atoms with Crippen LogP contribution in [0, 0.1) is 12.3 Å². The van der Waals surface area contributed by atoms with Crippen LogP contribution in [0.5, 0.6) is 0 Å². The lowest BCUT2D eigenvalue weighted by Gasteiger charge is -2.36. The molecule has 1 aromatic heterocycles. The molecule has 2 heterocycles. The highest BCUT2D eigenvalue weighted by Crippen LogP contribution is 2.30. The van der Waals surface area contributed by atoms with Crippen LogP contribution in [0.25, 0.3) is 0 Å². The van der Waals surface area contributed by atoms with Gasteiger partial charge in [0.2, 0.25) is 5.89 Å². The van der Waals surface area contributed by atoms with E-state index in [1.807, 2.05) is 0 Å². The summed E-state index contributed by atoms with van der Waals surface area (Å²) in [5.74, 6) is -0.957. The number of nitrogens with zero attached hydrogens (tertiary/aromatic N) is 3. The Hall–Kier alpha value is -1.92. The first kappa shape index (κ1) is 12.5.